The van der Waals surface area contributed by atoms with Crippen molar-refractivity contribution in [1.82, 2.24) is 10.2 Å². The first-order chi connectivity index (χ1) is 11.5. The molecular weight excluding hydrogens is 346 g/mol. The fourth-order valence-electron chi connectivity index (χ4n) is 2.61. The van der Waals surface area contributed by atoms with Crippen LogP contribution in [-0.2, 0) is 11.2 Å². The first-order valence-electron chi connectivity index (χ1n) is 7.53. The molecule has 7 nitrogen and oxygen atoms in total. The minimum Gasteiger partial charge on any atom is -0.508 e. The summed E-state index contributed by atoms with van der Waals surface area (Å²) < 4.78 is 0. The number of aromatic nitrogens is 2. The number of phenols is 1. The first-order valence-corrected chi connectivity index (χ1v) is 8.87. The van der Waals surface area contributed by atoms with Crippen LogP contribution in [0, 0.1) is 0 Å². The summed E-state index contributed by atoms with van der Waals surface area (Å²) in [6.45, 7) is 4.02. The van der Waals surface area contributed by atoms with Gasteiger partial charge in [-0.3, -0.25) is 4.79 Å². The Morgan fingerprint density at radius 1 is 1.42 bits per heavy atom. The third kappa shape index (κ3) is 3.27. The number of thiol groups is 1. The van der Waals surface area contributed by atoms with Crippen LogP contribution in [0.4, 0.5) is 16.5 Å². The molecule has 0 aliphatic carbocycles. The average molecular weight is 363 g/mol. The molecule has 0 fully saturated rings. The molecule has 1 unspecified atom stereocenters. The van der Waals surface area contributed by atoms with Crippen LogP contribution in [-0.4, -0.2) is 27.8 Å². The molecule has 1 aliphatic heterocycles. The molecule has 9 heteroatoms. The molecule has 0 bridgehead atoms. The van der Waals surface area contributed by atoms with E-state index in [2.05, 4.69) is 33.1 Å². The van der Waals surface area contributed by atoms with E-state index in [-0.39, 0.29) is 16.9 Å². The van der Waals surface area contributed by atoms with Crippen LogP contribution in [0.3, 0.4) is 0 Å². The number of nitrogens with zero attached hydrogens (tertiary/aromatic N) is 5. The molecule has 0 spiro atoms. The number of azo groups is 1. The Hall–Kier alpha value is -2.00. The summed E-state index contributed by atoms with van der Waals surface area (Å²) in [7, 11) is 0. The van der Waals surface area contributed by atoms with Gasteiger partial charge in [-0.15, -0.1) is 20.4 Å². The van der Waals surface area contributed by atoms with E-state index in [1.807, 2.05) is 6.92 Å². The number of rotatable bonds is 3. The lowest BCUT2D eigenvalue weighted by Gasteiger charge is -2.29. The van der Waals surface area contributed by atoms with E-state index in [9.17, 15) is 9.90 Å². The lowest BCUT2D eigenvalue weighted by Crippen LogP contribution is -2.33. The number of amides is 1. The van der Waals surface area contributed by atoms with Crippen molar-refractivity contribution in [2.45, 2.75) is 31.9 Å². The zero-order chi connectivity index (χ0) is 17.3. The second-order valence-electron chi connectivity index (χ2n) is 5.50. The number of phenolic OH excluding ortho intramolecular Hbond substituents is 1. The molecule has 0 saturated heterocycles. The van der Waals surface area contributed by atoms with Crippen molar-refractivity contribution in [1.29, 1.82) is 0 Å². The summed E-state index contributed by atoms with van der Waals surface area (Å²) in [6.07, 6.45) is 1.51. The van der Waals surface area contributed by atoms with E-state index in [0.717, 1.165) is 17.0 Å². The number of benzene rings is 1. The van der Waals surface area contributed by atoms with Gasteiger partial charge in [-0.1, -0.05) is 11.3 Å². The van der Waals surface area contributed by atoms with Crippen LogP contribution in [0.25, 0.3) is 0 Å². The van der Waals surface area contributed by atoms with Crippen LogP contribution in [0.5, 0.6) is 5.75 Å². The zero-order valence-electron chi connectivity index (χ0n) is 13.3. The Morgan fingerprint density at radius 2 is 2.21 bits per heavy atom. The molecule has 0 radical (unpaired) electrons. The van der Waals surface area contributed by atoms with Gasteiger partial charge in [0.05, 0.1) is 10.9 Å². The highest BCUT2D eigenvalue weighted by molar-refractivity contribution is 7.80. The van der Waals surface area contributed by atoms with Gasteiger partial charge in [0, 0.05) is 19.0 Å². The van der Waals surface area contributed by atoms with Gasteiger partial charge in [-0.2, -0.15) is 12.6 Å². The van der Waals surface area contributed by atoms with Crippen molar-refractivity contribution in [3.63, 3.8) is 0 Å². The summed E-state index contributed by atoms with van der Waals surface area (Å²) in [5.74, 6) is 0.0945. The summed E-state index contributed by atoms with van der Waals surface area (Å²) in [5, 5.41) is 27.6. The lowest BCUT2D eigenvalue weighted by atomic mass is 9.99. The normalized spacial score (nSPS) is 15.5. The number of hydrogen-bond donors (Lipinski definition) is 2. The average Bonchev–Trinajstić information content (AvgIpc) is 3.03. The summed E-state index contributed by atoms with van der Waals surface area (Å²) in [5.41, 5.74) is 1.90. The van der Waals surface area contributed by atoms with Gasteiger partial charge < -0.3 is 10.0 Å². The summed E-state index contributed by atoms with van der Waals surface area (Å²) >= 11 is 5.63. The third-order valence-corrected chi connectivity index (χ3v) is 5.14. The largest absolute Gasteiger partial charge is 0.508 e. The molecule has 3 rings (SSSR count). The van der Waals surface area contributed by atoms with Crippen molar-refractivity contribution in [2.24, 2.45) is 10.2 Å². The van der Waals surface area contributed by atoms with Crippen molar-refractivity contribution in [3.8, 4) is 5.75 Å². The van der Waals surface area contributed by atoms with E-state index in [0.29, 0.717) is 29.5 Å². The van der Waals surface area contributed by atoms with Crippen molar-refractivity contribution in [3.05, 3.63) is 22.7 Å². The fraction of sp³-hybridized carbons (Fsp3) is 0.400. The van der Waals surface area contributed by atoms with Crippen molar-refractivity contribution < 1.29 is 9.90 Å². The highest BCUT2D eigenvalue weighted by Crippen LogP contribution is 2.42. The molecule has 24 heavy (non-hydrogen) atoms. The van der Waals surface area contributed by atoms with Gasteiger partial charge in [0.15, 0.2) is 0 Å². The molecule has 1 aliphatic rings. The maximum absolute atomic E-state index is 11.9. The highest BCUT2D eigenvalue weighted by Gasteiger charge is 2.25. The number of anilines is 1. The van der Waals surface area contributed by atoms with E-state index in [1.54, 1.807) is 17.0 Å². The lowest BCUT2D eigenvalue weighted by molar-refractivity contribution is -0.116. The Morgan fingerprint density at radius 3 is 2.88 bits per heavy atom. The molecule has 0 saturated carbocycles. The van der Waals surface area contributed by atoms with Gasteiger partial charge in [0.25, 0.3) is 5.13 Å². The number of carbonyl (C=O) groups is 1. The number of hydrogen-bond acceptors (Lipinski definition) is 8. The van der Waals surface area contributed by atoms with Crippen molar-refractivity contribution >= 4 is 46.4 Å². The third-order valence-electron chi connectivity index (χ3n) is 3.73. The molecule has 126 valence electrons. The van der Waals surface area contributed by atoms with E-state index in [1.165, 1.54) is 18.3 Å². The standard InChI is InChI=1S/C15H17N5O2S2/c1-8(23)14-17-19-15(24-14)18-16-11-5-6-12(22)10-4-3-7-20(9(2)21)13(10)11/h5-6,8,22-23H,3-4,7H2,1-2H3. The molecule has 1 aromatic heterocycles. The maximum atomic E-state index is 11.9. The topological polar surface area (TPSA) is 91.0 Å². The Labute approximate surface area is 148 Å². The monoisotopic (exact) mass is 363 g/mol. The predicted octanol–water partition coefficient (Wildman–Crippen LogP) is 3.95. The number of aromatic hydroxyl groups is 1. The first kappa shape index (κ1) is 16.8. The fourth-order valence-corrected chi connectivity index (χ4v) is 3.43. The second-order valence-corrected chi connectivity index (χ2v) is 7.27. The van der Waals surface area contributed by atoms with E-state index < -0.39 is 0 Å². The molecule has 1 aromatic carbocycles. The minimum absolute atomic E-state index is 0.0129. The zero-order valence-corrected chi connectivity index (χ0v) is 15.0. The summed E-state index contributed by atoms with van der Waals surface area (Å²) in [6, 6.07) is 3.24. The van der Waals surface area contributed by atoms with Gasteiger partial charge >= 0.3 is 0 Å². The van der Waals surface area contributed by atoms with E-state index >= 15 is 0 Å². The van der Waals surface area contributed by atoms with Crippen LogP contribution in [0.1, 0.15) is 36.1 Å². The molecule has 2 aromatic rings. The van der Waals surface area contributed by atoms with Gasteiger partial charge in [0.1, 0.15) is 16.4 Å². The molecule has 1 atom stereocenters. The van der Waals surface area contributed by atoms with Crippen LogP contribution in [0.15, 0.2) is 22.4 Å². The van der Waals surface area contributed by atoms with Gasteiger partial charge in [-0.05, 0) is 31.9 Å². The van der Waals surface area contributed by atoms with Crippen LogP contribution < -0.4 is 4.90 Å². The Bertz CT molecular complexity index is 803. The smallest absolute Gasteiger partial charge is 0.251 e. The maximum Gasteiger partial charge on any atom is 0.251 e. The van der Waals surface area contributed by atoms with Crippen LogP contribution in [0.2, 0.25) is 0 Å². The molecule has 2 heterocycles. The number of carbonyl (C=O) groups excluding carboxylic acids is 1. The Balaban J connectivity index is 1.99. The molecule has 1 amide bonds. The SMILES string of the molecule is CC(=O)N1CCCc2c(O)ccc(N=Nc3nnc(C(C)S)s3)c21. The quantitative estimate of drug-likeness (QED) is 0.638. The molecule has 1 N–H and O–H groups in total. The highest BCUT2D eigenvalue weighted by atomic mass is 32.1. The van der Waals surface area contributed by atoms with Crippen molar-refractivity contribution in [2.75, 3.05) is 11.4 Å². The van der Waals surface area contributed by atoms with Gasteiger partial charge in [0.2, 0.25) is 5.91 Å². The Kier molecular flexibility index (Phi) is 4.81. The summed E-state index contributed by atoms with van der Waals surface area (Å²) in [4.78, 5) is 13.6. The number of fused-ring (bicyclic) bond motifs is 1. The van der Waals surface area contributed by atoms with E-state index in [4.69, 9.17) is 0 Å². The minimum atomic E-state index is -0.0832. The van der Waals surface area contributed by atoms with Gasteiger partial charge in [-0.25, -0.2) is 0 Å². The molecular formula is C15H17N5O2S2. The predicted molar refractivity (Wildman–Crippen MR) is 95.9 cm³/mol. The second kappa shape index (κ2) is 6.86. The van der Waals surface area contributed by atoms with Crippen LogP contribution >= 0.6 is 24.0 Å².